The molecule has 0 aliphatic heterocycles. The molecule has 1 aliphatic rings. The molecule has 4 rings (SSSR count). The summed E-state index contributed by atoms with van der Waals surface area (Å²) < 4.78 is 0. The summed E-state index contributed by atoms with van der Waals surface area (Å²) in [4.78, 5) is 7.97. The van der Waals surface area contributed by atoms with Crippen molar-refractivity contribution in [1.29, 1.82) is 0 Å². The first-order valence-corrected chi connectivity index (χ1v) is 7.60. The Bertz CT molecular complexity index is 693. The van der Waals surface area contributed by atoms with Crippen LogP contribution < -0.4 is 5.32 Å². The summed E-state index contributed by atoms with van der Waals surface area (Å²) in [6.45, 7) is 0.820. The van der Waals surface area contributed by atoms with E-state index in [1.807, 2.05) is 18.2 Å². The summed E-state index contributed by atoms with van der Waals surface area (Å²) >= 11 is 0. The lowest BCUT2D eigenvalue weighted by molar-refractivity contribution is 0.288. The van der Waals surface area contributed by atoms with E-state index < -0.39 is 0 Å². The fraction of sp³-hybridized carbons (Fsp3) is 0.278. The van der Waals surface area contributed by atoms with E-state index in [1.165, 1.54) is 18.4 Å². The number of hydrogen-bond acceptors (Lipinski definition) is 2. The number of nitrogens with zero attached hydrogens (tertiary/aromatic N) is 1. The van der Waals surface area contributed by atoms with Crippen LogP contribution in [0, 0.1) is 0 Å². The van der Waals surface area contributed by atoms with Crippen LogP contribution in [0.5, 0.6) is 0 Å². The zero-order valence-electron chi connectivity index (χ0n) is 11.9. The zero-order valence-corrected chi connectivity index (χ0v) is 11.9. The molecule has 21 heavy (non-hydrogen) atoms. The third-order valence-electron chi connectivity index (χ3n) is 4.41. The third kappa shape index (κ3) is 2.57. The highest BCUT2D eigenvalue weighted by atomic mass is 15.0. The fourth-order valence-electron chi connectivity index (χ4n) is 3.11. The van der Waals surface area contributed by atoms with Gasteiger partial charge in [0.15, 0.2) is 0 Å². The molecule has 0 amide bonds. The second-order valence-corrected chi connectivity index (χ2v) is 5.86. The van der Waals surface area contributed by atoms with Crippen LogP contribution in [-0.4, -0.2) is 16.0 Å². The predicted octanol–water partition coefficient (Wildman–Crippen LogP) is 3.60. The average molecular weight is 277 g/mol. The number of aromatic amines is 1. The number of benzene rings is 2. The molecule has 3 heteroatoms. The van der Waals surface area contributed by atoms with Crippen molar-refractivity contribution < 1.29 is 0 Å². The van der Waals surface area contributed by atoms with Crippen LogP contribution in [0.3, 0.4) is 0 Å². The minimum Gasteiger partial charge on any atom is -0.341 e. The molecule has 1 aliphatic carbocycles. The quantitative estimate of drug-likeness (QED) is 0.765. The van der Waals surface area contributed by atoms with Crippen molar-refractivity contribution in [3.63, 3.8) is 0 Å². The molecular formula is C18H19N3. The van der Waals surface area contributed by atoms with Crippen molar-refractivity contribution in [2.45, 2.75) is 31.3 Å². The van der Waals surface area contributed by atoms with Gasteiger partial charge < -0.3 is 10.3 Å². The van der Waals surface area contributed by atoms with Crippen molar-refractivity contribution in [2.75, 3.05) is 0 Å². The molecule has 0 saturated heterocycles. The topological polar surface area (TPSA) is 40.7 Å². The lowest BCUT2D eigenvalue weighted by atomic mass is 9.76. The highest BCUT2D eigenvalue weighted by Gasteiger charge is 2.29. The molecule has 106 valence electrons. The van der Waals surface area contributed by atoms with E-state index in [9.17, 15) is 0 Å². The molecular weight excluding hydrogens is 258 g/mol. The van der Waals surface area contributed by atoms with E-state index in [0.29, 0.717) is 6.04 Å². The Morgan fingerprint density at radius 1 is 1.00 bits per heavy atom. The van der Waals surface area contributed by atoms with Gasteiger partial charge in [-0.05, 0) is 36.5 Å². The number of fused-ring (bicyclic) bond motifs is 1. The van der Waals surface area contributed by atoms with E-state index in [1.54, 1.807) is 0 Å². The Morgan fingerprint density at radius 2 is 1.76 bits per heavy atom. The molecule has 0 radical (unpaired) electrons. The van der Waals surface area contributed by atoms with Gasteiger partial charge in [-0.1, -0.05) is 42.5 Å². The fourth-order valence-corrected chi connectivity index (χ4v) is 3.11. The Hall–Kier alpha value is -2.13. The van der Waals surface area contributed by atoms with E-state index in [-0.39, 0.29) is 0 Å². The van der Waals surface area contributed by atoms with Gasteiger partial charge in [-0.25, -0.2) is 4.98 Å². The lowest BCUT2D eigenvalue weighted by Crippen LogP contribution is -2.39. The Balaban J connectivity index is 1.32. The first-order chi connectivity index (χ1) is 10.4. The van der Waals surface area contributed by atoms with Crippen LogP contribution in [0.4, 0.5) is 0 Å². The van der Waals surface area contributed by atoms with Gasteiger partial charge in [0, 0.05) is 6.04 Å². The van der Waals surface area contributed by atoms with E-state index in [2.05, 4.69) is 51.7 Å². The number of nitrogens with one attached hydrogen (secondary N) is 2. The Morgan fingerprint density at radius 3 is 2.57 bits per heavy atom. The maximum atomic E-state index is 4.60. The molecule has 1 heterocycles. The number of aromatic nitrogens is 2. The summed E-state index contributed by atoms with van der Waals surface area (Å²) in [6, 6.07) is 19.6. The number of hydrogen-bond donors (Lipinski definition) is 2. The van der Waals surface area contributed by atoms with Gasteiger partial charge in [-0.15, -0.1) is 0 Å². The maximum Gasteiger partial charge on any atom is 0.121 e. The second-order valence-electron chi connectivity index (χ2n) is 5.86. The molecule has 0 bridgehead atoms. The van der Waals surface area contributed by atoms with Crippen LogP contribution >= 0.6 is 0 Å². The van der Waals surface area contributed by atoms with Gasteiger partial charge in [-0.3, -0.25) is 0 Å². The van der Waals surface area contributed by atoms with Crippen molar-refractivity contribution >= 4 is 11.0 Å². The van der Waals surface area contributed by atoms with Gasteiger partial charge >= 0.3 is 0 Å². The standard InChI is InChI=1S/C18H19N3/c1-2-6-13(7-3-1)14-10-15(11-14)19-12-18-20-16-8-4-5-9-17(16)21-18/h1-9,14-15,19H,10-12H2,(H,20,21). The second kappa shape index (κ2) is 5.34. The highest BCUT2D eigenvalue weighted by Crippen LogP contribution is 2.36. The number of rotatable bonds is 4. The lowest BCUT2D eigenvalue weighted by Gasteiger charge is -2.36. The van der Waals surface area contributed by atoms with Crippen LogP contribution in [0.15, 0.2) is 54.6 Å². The molecule has 3 aromatic rings. The predicted molar refractivity (Wildman–Crippen MR) is 85.1 cm³/mol. The maximum absolute atomic E-state index is 4.60. The van der Waals surface area contributed by atoms with Gasteiger partial charge in [0.1, 0.15) is 5.82 Å². The van der Waals surface area contributed by atoms with Crippen LogP contribution in [0.25, 0.3) is 11.0 Å². The van der Waals surface area contributed by atoms with Crippen LogP contribution in [0.2, 0.25) is 0 Å². The molecule has 1 saturated carbocycles. The summed E-state index contributed by atoms with van der Waals surface area (Å²) in [5.74, 6) is 1.75. The van der Waals surface area contributed by atoms with Crippen molar-refractivity contribution in [3.05, 3.63) is 66.0 Å². The summed E-state index contributed by atoms with van der Waals surface area (Å²) in [5, 5.41) is 3.60. The normalized spacial score (nSPS) is 21.3. The van der Waals surface area contributed by atoms with Crippen LogP contribution in [-0.2, 0) is 6.54 Å². The molecule has 1 aromatic heterocycles. The van der Waals surface area contributed by atoms with Gasteiger partial charge in [0.25, 0.3) is 0 Å². The third-order valence-corrected chi connectivity index (χ3v) is 4.41. The van der Waals surface area contributed by atoms with E-state index >= 15 is 0 Å². The van der Waals surface area contributed by atoms with Gasteiger partial charge in [-0.2, -0.15) is 0 Å². The van der Waals surface area contributed by atoms with E-state index in [0.717, 1.165) is 29.3 Å². The Labute approximate surface area is 124 Å². The zero-order chi connectivity index (χ0) is 14.1. The Kier molecular flexibility index (Phi) is 3.20. The van der Waals surface area contributed by atoms with Gasteiger partial charge in [0.05, 0.1) is 17.6 Å². The van der Waals surface area contributed by atoms with Gasteiger partial charge in [0.2, 0.25) is 0 Å². The molecule has 2 aromatic carbocycles. The average Bonchev–Trinajstić information content (AvgIpc) is 2.89. The monoisotopic (exact) mass is 277 g/mol. The molecule has 0 atom stereocenters. The first kappa shape index (κ1) is 12.6. The number of H-pyrrole nitrogens is 1. The van der Waals surface area contributed by atoms with Crippen molar-refractivity contribution in [1.82, 2.24) is 15.3 Å². The summed E-state index contributed by atoms with van der Waals surface area (Å²) in [6.07, 6.45) is 2.45. The van der Waals surface area contributed by atoms with E-state index in [4.69, 9.17) is 0 Å². The number of para-hydroxylation sites is 2. The number of imidazole rings is 1. The summed E-state index contributed by atoms with van der Waals surface area (Å²) in [7, 11) is 0. The van der Waals surface area contributed by atoms with Crippen molar-refractivity contribution in [2.24, 2.45) is 0 Å². The minimum absolute atomic E-state index is 0.614. The molecule has 0 unspecified atom stereocenters. The smallest absolute Gasteiger partial charge is 0.121 e. The van der Waals surface area contributed by atoms with Crippen molar-refractivity contribution in [3.8, 4) is 0 Å². The first-order valence-electron chi connectivity index (χ1n) is 7.60. The molecule has 3 nitrogen and oxygen atoms in total. The highest BCUT2D eigenvalue weighted by molar-refractivity contribution is 5.74. The molecule has 0 spiro atoms. The largest absolute Gasteiger partial charge is 0.341 e. The van der Waals surface area contributed by atoms with Crippen LogP contribution in [0.1, 0.15) is 30.1 Å². The minimum atomic E-state index is 0.614. The SMILES string of the molecule is c1ccc(C2CC(NCc3nc4ccccc4[nH]3)C2)cc1. The molecule has 1 fully saturated rings. The summed E-state index contributed by atoms with van der Waals surface area (Å²) in [5.41, 5.74) is 3.63. The molecule has 2 N–H and O–H groups in total.